The Kier molecular flexibility index (Phi) is 5.09. The van der Waals surface area contributed by atoms with E-state index in [-0.39, 0.29) is 29.7 Å². The first-order chi connectivity index (χ1) is 15.3. The molecule has 4 saturated carbocycles. The molecule has 6 rings (SSSR count). The van der Waals surface area contributed by atoms with Crippen LogP contribution < -0.4 is 5.32 Å². The maximum Gasteiger partial charge on any atom is 0.312 e. The van der Waals surface area contributed by atoms with Crippen molar-refractivity contribution in [2.45, 2.75) is 78.4 Å². The Morgan fingerprint density at radius 2 is 1.84 bits per heavy atom. The van der Waals surface area contributed by atoms with Crippen molar-refractivity contribution in [1.29, 1.82) is 0 Å². The number of aromatic nitrogens is 4. The zero-order valence-corrected chi connectivity index (χ0v) is 19.1. The highest BCUT2D eigenvalue weighted by atomic mass is 16.6. The molecule has 0 aliphatic heterocycles. The van der Waals surface area contributed by atoms with Crippen LogP contribution in [-0.4, -0.2) is 36.4 Å². The molecule has 0 saturated heterocycles. The molecule has 2 heterocycles. The van der Waals surface area contributed by atoms with Gasteiger partial charge >= 0.3 is 5.69 Å². The fraction of sp³-hybridized carbons (Fsp3) is 0.696. The predicted octanol–water partition coefficient (Wildman–Crippen LogP) is 3.84. The van der Waals surface area contributed by atoms with Crippen LogP contribution in [0, 0.1) is 47.1 Å². The number of carbonyl (C=O) groups is 1. The van der Waals surface area contributed by atoms with E-state index in [9.17, 15) is 14.9 Å². The minimum atomic E-state index is -0.411. The van der Waals surface area contributed by atoms with Gasteiger partial charge in [-0.2, -0.15) is 10.2 Å². The molecule has 4 aliphatic carbocycles. The highest BCUT2D eigenvalue weighted by Gasteiger charge is 2.54. The van der Waals surface area contributed by atoms with E-state index in [4.69, 9.17) is 0 Å². The average Bonchev–Trinajstić information content (AvgIpc) is 3.29. The third-order valence-corrected chi connectivity index (χ3v) is 8.22. The maximum atomic E-state index is 13.1. The third kappa shape index (κ3) is 3.51. The van der Waals surface area contributed by atoms with Gasteiger partial charge < -0.3 is 5.32 Å². The summed E-state index contributed by atoms with van der Waals surface area (Å²) < 4.78 is 3.15. The summed E-state index contributed by atoms with van der Waals surface area (Å²) in [6.45, 7) is 5.70. The number of hydrogen-bond acceptors (Lipinski definition) is 5. The second kappa shape index (κ2) is 7.71. The minimum Gasteiger partial charge on any atom is -0.347 e. The SMILES string of the molecule is CCC(NC(=O)c1ccn(Cn2nc(C)c([N+](=O)[O-])c2C)n1)C12CC3CC(CC(C3)C1)C2. The van der Waals surface area contributed by atoms with Gasteiger partial charge in [-0.25, -0.2) is 4.68 Å². The topological polar surface area (TPSA) is 108 Å². The van der Waals surface area contributed by atoms with Crippen LogP contribution in [0.1, 0.15) is 73.7 Å². The van der Waals surface area contributed by atoms with Crippen molar-refractivity contribution >= 4 is 11.6 Å². The van der Waals surface area contributed by atoms with Gasteiger partial charge in [0.1, 0.15) is 23.8 Å². The zero-order valence-electron chi connectivity index (χ0n) is 19.1. The average molecular weight is 441 g/mol. The molecular formula is C23H32N6O3. The number of aryl methyl sites for hydroxylation is 1. The second-order valence-corrected chi connectivity index (χ2v) is 10.4. The van der Waals surface area contributed by atoms with Gasteiger partial charge in [0.2, 0.25) is 0 Å². The Morgan fingerprint density at radius 1 is 1.22 bits per heavy atom. The zero-order chi connectivity index (χ0) is 22.6. The van der Waals surface area contributed by atoms with Gasteiger partial charge in [-0.15, -0.1) is 0 Å². The summed E-state index contributed by atoms with van der Waals surface area (Å²) in [4.78, 5) is 23.9. The van der Waals surface area contributed by atoms with Crippen LogP contribution in [0.25, 0.3) is 0 Å². The summed E-state index contributed by atoms with van der Waals surface area (Å²) in [7, 11) is 0. The van der Waals surface area contributed by atoms with Crippen LogP contribution in [0.15, 0.2) is 12.3 Å². The Hall–Kier alpha value is -2.71. The molecule has 1 unspecified atom stereocenters. The van der Waals surface area contributed by atoms with Crippen LogP contribution in [0.5, 0.6) is 0 Å². The number of rotatable bonds is 7. The van der Waals surface area contributed by atoms with Crippen LogP contribution in [0.3, 0.4) is 0 Å². The number of carbonyl (C=O) groups excluding carboxylic acids is 1. The molecule has 4 fully saturated rings. The fourth-order valence-electron chi connectivity index (χ4n) is 7.31. The summed E-state index contributed by atoms with van der Waals surface area (Å²) in [6, 6.07) is 1.90. The molecule has 4 aliphatic rings. The normalized spacial score (nSPS) is 29.3. The summed E-state index contributed by atoms with van der Waals surface area (Å²) in [6.07, 6.45) is 10.6. The van der Waals surface area contributed by atoms with Crippen LogP contribution >= 0.6 is 0 Å². The molecule has 4 bridgehead atoms. The van der Waals surface area contributed by atoms with Crippen molar-refractivity contribution in [2.24, 2.45) is 23.2 Å². The van der Waals surface area contributed by atoms with Crippen molar-refractivity contribution in [3.63, 3.8) is 0 Å². The van der Waals surface area contributed by atoms with Crippen molar-refractivity contribution in [3.05, 3.63) is 39.5 Å². The van der Waals surface area contributed by atoms with Gasteiger partial charge in [0, 0.05) is 12.2 Å². The lowest BCUT2D eigenvalue weighted by Gasteiger charge is -2.59. The number of nitrogens with one attached hydrogen (secondary N) is 1. The van der Waals surface area contributed by atoms with E-state index >= 15 is 0 Å². The van der Waals surface area contributed by atoms with Gasteiger partial charge in [-0.05, 0) is 88.0 Å². The van der Waals surface area contributed by atoms with Gasteiger partial charge in [0.25, 0.3) is 5.91 Å². The Morgan fingerprint density at radius 3 is 2.38 bits per heavy atom. The smallest absolute Gasteiger partial charge is 0.312 e. The lowest BCUT2D eigenvalue weighted by molar-refractivity contribution is -0.386. The van der Waals surface area contributed by atoms with E-state index in [0.29, 0.717) is 17.1 Å². The highest BCUT2D eigenvalue weighted by molar-refractivity contribution is 5.92. The fourth-order valence-corrected chi connectivity index (χ4v) is 7.31. The lowest BCUT2D eigenvalue weighted by Crippen LogP contribution is -2.56. The van der Waals surface area contributed by atoms with Crippen molar-refractivity contribution in [3.8, 4) is 0 Å². The number of amides is 1. The predicted molar refractivity (Wildman–Crippen MR) is 118 cm³/mol. The number of hydrogen-bond donors (Lipinski definition) is 1. The summed E-state index contributed by atoms with van der Waals surface area (Å²) >= 11 is 0. The van der Waals surface area contributed by atoms with Crippen molar-refractivity contribution in [2.75, 3.05) is 0 Å². The highest BCUT2D eigenvalue weighted by Crippen LogP contribution is 2.61. The molecule has 32 heavy (non-hydrogen) atoms. The Bertz CT molecular complexity index is 1020. The van der Waals surface area contributed by atoms with Gasteiger partial charge in [-0.3, -0.25) is 19.6 Å². The van der Waals surface area contributed by atoms with Crippen LogP contribution in [-0.2, 0) is 6.67 Å². The molecule has 0 radical (unpaired) electrons. The molecule has 172 valence electrons. The first kappa shape index (κ1) is 21.2. The molecule has 0 aromatic carbocycles. The van der Waals surface area contributed by atoms with Crippen LogP contribution in [0.2, 0.25) is 0 Å². The van der Waals surface area contributed by atoms with Gasteiger partial charge in [0.05, 0.1) is 4.92 Å². The van der Waals surface area contributed by atoms with Gasteiger partial charge in [0.15, 0.2) is 0 Å². The molecule has 2 aromatic heterocycles. The van der Waals surface area contributed by atoms with E-state index in [2.05, 4.69) is 22.4 Å². The molecule has 1 N–H and O–H groups in total. The first-order valence-electron chi connectivity index (χ1n) is 11.8. The largest absolute Gasteiger partial charge is 0.347 e. The minimum absolute atomic E-state index is 0.0245. The number of nitrogens with zero attached hydrogens (tertiary/aromatic N) is 5. The van der Waals surface area contributed by atoms with Crippen molar-refractivity contribution < 1.29 is 9.72 Å². The van der Waals surface area contributed by atoms with Crippen molar-refractivity contribution in [1.82, 2.24) is 24.9 Å². The van der Waals surface area contributed by atoms with E-state index in [0.717, 1.165) is 24.2 Å². The summed E-state index contributed by atoms with van der Waals surface area (Å²) in [5.41, 5.74) is 1.51. The quantitative estimate of drug-likeness (QED) is 0.520. The van der Waals surface area contributed by atoms with Crippen LogP contribution in [0.4, 0.5) is 5.69 Å². The third-order valence-electron chi connectivity index (χ3n) is 8.22. The molecule has 9 nitrogen and oxygen atoms in total. The molecule has 9 heteroatoms. The standard InChI is InChI=1S/C23H32N6O3/c1-4-20(23-10-16-7-17(11-23)9-18(8-16)12-23)24-22(30)19-5-6-27(26-19)13-28-15(3)21(29(31)32)14(2)25-28/h5-6,16-18,20H,4,7-13H2,1-3H3,(H,24,30). The van der Waals surface area contributed by atoms with E-state index in [1.807, 2.05) is 0 Å². The summed E-state index contributed by atoms with van der Waals surface area (Å²) in [5.74, 6) is 2.40. The van der Waals surface area contributed by atoms with E-state index < -0.39 is 4.92 Å². The molecule has 1 atom stereocenters. The van der Waals surface area contributed by atoms with E-state index in [1.54, 1.807) is 35.5 Å². The summed E-state index contributed by atoms with van der Waals surface area (Å²) in [5, 5.41) is 23.3. The lowest BCUT2D eigenvalue weighted by atomic mass is 9.47. The second-order valence-electron chi connectivity index (χ2n) is 10.4. The molecule has 2 aromatic rings. The van der Waals surface area contributed by atoms with Gasteiger partial charge in [-0.1, -0.05) is 6.92 Å². The maximum absolute atomic E-state index is 13.1. The Balaban J connectivity index is 1.29. The first-order valence-corrected chi connectivity index (χ1v) is 11.8. The monoisotopic (exact) mass is 440 g/mol. The molecule has 0 spiro atoms. The van der Waals surface area contributed by atoms with E-state index in [1.165, 1.54) is 38.5 Å². The molecular weight excluding hydrogens is 408 g/mol. The number of nitro groups is 1. The molecule has 1 amide bonds. The Labute approximate surface area is 187 Å².